The van der Waals surface area contributed by atoms with Gasteiger partial charge in [0.2, 0.25) is 0 Å². The fraction of sp³-hybridized carbons (Fsp3) is 0.917. The molecule has 0 unspecified atom stereocenters. The lowest BCUT2D eigenvalue weighted by Crippen LogP contribution is -2.62. The minimum Gasteiger partial charge on any atom is -0.480 e. The van der Waals surface area contributed by atoms with Crippen LogP contribution in [0.1, 0.15) is 34.6 Å². The van der Waals surface area contributed by atoms with E-state index in [9.17, 15) is 9.90 Å². The van der Waals surface area contributed by atoms with Gasteiger partial charge >= 0.3 is 5.97 Å². The molecule has 1 aliphatic rings. The van der Waals surface area contributed by atoms with Gasteiger partial charge in [-0.05, 0) is 34.6 Å². The topological polar surface area (TPSA) is 43.8 Å². The van der Waals surface area contributed by atoms with Crippen LogP contribution in [0.25, 0.3) is 0 Å². The third-order valence-corrected chi connectivity index (χ3v) is 3.32. The van der Waals surface area contributed by atoms with Crippen molar-refractivity contribution >= 4 is 5.97 Å². The summed E-state index contributed by atoms with van der Waals surface area (Å²) in [5.74, 6) is -0.706. The van der Waals surface area contributed by atoms with E-state index < -0.39 is 5.97 Å². The maximum Gasteiger partial charge on any atom is 0.322 e. The van der Waals surface area contributed by atoms with Crippen LogP contribution in [-0.4, -0.2) is 58.1 Å². The van der Waals surface area contributed by atoms with Gasteiger partial charge in [-0.15, -0.1) is 0 Å². The second kappa shape index (κ2) is 4.72. The molecule has 0 saturated carbocycles. The molecule has 0 aromatic carbocycles. The monoisotopic (exact) mass is 228 g/mol. The molecule has 1 saturated heterocycles. The lowest BCUT2D eigenvalue weighted by Gasteiger charge is -2.46. The van der Waals surface area contributed by atoms with Crippen LogP contribution in [-0.2, 0) is 4.79 Å². The Morgan fingerprint density at radius 2 is 1.88 bits per heavy atom. The van der Waals surface area contributed by atoms with E-state index >= 15 is 0 Å². The zero-order valence-electron chi connectivity index (χ0n) is 11.0. The average molecular weight is 228 g/mol. The van der Waals surface area contributed by atoms with E-state index in [1.54, 1.807) is 0 Å². The minimum absolute atomic E-state index is 0.0524. The zero-order chi connectivity index (χ0) is 12.5. The summed E-state index contributed by atoms with van der Waals surface area (Å²) in [6, 6.07) is -0.0730. The number of hydrogen-bond acceptors (Lipinski definition) is 3. The second-order valence-corrected chi connectivity index (χ2v) is 5.80. The van der Waals surface area contributed by atoms with E-state index in [2.05, 4.69) is 44.4 Å². The maximum atomic E-state index is 11.3. The van der Waals surface area contributed by atoms with Crippen LogP contribution < -0.4 is 0 Å². The van der Waals surface area contributed by atoms with Crippen LogP contribution in [0.3, 0.4) is 0 Å². The summed E-state index contributed by atoms with van der Waals surface area (Å²) in [5, 5.41) is 9.27. The molecule has 0 aliphatic carbocycles. The van der Waals surface area contributed by atoms with E-state index in [0.29, 0.717) is 12.6 Å². The third-order valence-electron chi connectivity index (χ3n) is 3.32. The largest absolute Gasteiger partial charge is 0.480 e. The highest BCUT2D eigenvalue weighted by Crippen LogP contribution is 2.20. The van der Waals surface area contributed by atoms with Crippen LogP contribution in [0, 0.1) is 0 Å². The number of carboxylic acids is 1. The highest BCUT2D eigenvalue weighted by atomic mass is 16.4. The third kappa shape index (κ3) is 2.95. The Bertz CT molecular complexity index is 258. The summed E-state index contributed by atoms with van der Waals surface area (Å²) < 4.78 is 0. The lowest BCUT2D eigenvalue weighted by molar-refractivity contribution is -0.148. The molecule has 1 aliphatic heterocycles. The Hall–Kier alpha value is -0.610. The van der Waals surface area contributed by atoms with E-state index in [0.717, 1.165) is 13.1 Å². The quantitative estimate of drug-likeness (QED) is 0.773. The number of aliphatic carboxylic acids is 1. The van der Waals surface area contributed by atoms with Crippen molar-refractivity contribution in [3.05, 3.63) is 0 Å². The van der Waals surface area contributed by atoms with Gasteiger partial charge in [-0.1, -0.05) is 0 Å². The lowest BCUT2D eigenvalue weighted by atomic mass is 10.0. The highest BCUT2D eigenvalue weighted by molar-refractivity contribution is 5.74. The molecule has 1 rings (SSSR count). The zero-order valence-corrected chi connectivity index (χ0v) is 11.0. The fourth-order valence-electron chi connectivity index (χ4n) is 2.24. The van der Waals surface area contributed by atoms with Crippen molar-refractivity contribution in [1.29, 1.82) is 0 Å². The number of nitrogens with zero attached hydrogens (tertiary/aromatic N) is 2. The molecule has 1 atom stereocenters. The minimum atomic E-state index is -0.706. The van der Waals surface area contributed by atoms with Crippen molar-refractivity contribution in [1.82, 2.24) is 9.80 Å². The predicted octanol–water partition coefficient (Wildman–Crippen LogP) is 1.26. The molecule has 0 aromatic rings. The molecular weight excluding hydrogens is 204 g/mol. The molecule has 0 aromatic heterocycles. The summed E-state index contributed by atoms with van der Waals surface area (Å²) in [7, 11) is 0. The number of piperazine rings is 1. The molecule has 4 heteroatoms. The van der Waals surface area contributed by atoms with Gasteiger partial charge in [0.15, 0.2) is 0 Å². The Kier molecular flexibility index (Phi) is 3.97. The maximum absolute atomic E-state index is 11.3. The summed E-state index contributed by atoms with van der Waals surface area (Å²) in [4.78, 5) is 15.6. The number of rotatable bonds is 2. The number of hydrogen-bond donors (Lipinski definition) is 1. The first-order valence-corrected chi connectivity index (χ1v) is 5.97. The normalized spacial score (nSPS) is 25.0. The Morgan fingerprint density at radius 1 is 1.31 bits per heavy atom. The van der Waals surface area contributed by atoms with Crippen LogP contribution in [0.5, 0.6) is 0 Å². The fourth-order valence-corrected chi connectivity index (χ4v) is 2.24. The SMILES string of the molecule is CC(C)N1CCN(C(C)(C)C)C[C@@H]1C(=O)O. The van der Waals surface area contributed by atoms with Crippen molar-refractivity contribution in [3.63, 3.8) is 0 Å². The van der Waals surface area contributed by atoms with Crippen molar-refractivity contribution < 1.29 is 9.90 Å². The van der Waals surface area contributed by atoms with Crippen molar-refractivity contribution in [3.8, 4) is 0 Å². The summed E-state index contributed by atoms with van der Waals surface area (Å²) in [6.45, 7) is 12.9. The van der Waals surface area contributed by atoms with Gasteiger partial charge in [-0.2, -0.15) is 0 Å². The molecule has 4 nitrogen and oxygen atoms in total. The second-order valence-electron chi connectivity index (χ2n) is 5.80. The molecule has 94 valence electrons. The van der Waals surface area contributed by atoms with Crippen LogP contribution in [0.2, 0.25) is 0 Å². The molecule has 0 spiro atoms. The van der Waals surface area contributed by atoms with E-state index in [-0.39, 0.29) is 11.6 Å². The first-order valence-electron chi connectivity index (χ1n) is 5.97. The van der Waals surface area contributed by atoms with Crippen LogP contribution in [0.15, 0.2) is 0 Å². The van der Waals surface area contributed by atoms with Gasteiger partial charge in [-0.3, -0.25) is 14.6 Å². The smallest absolute Gasteiger partial charge is 0.322 e. The van der Waals surface area contributed by atoms with Gasteiger partial charge in [-0.25, -0.2) is 0 Å². The molecule has 1 N–H and O–H groups in total. The molecular formula is C12H24N2O2. The van der Waals surface area contributed by atoms with Crippen LogP contribution >= 0.6 is 0 Å². The summed E-state index contributed by atoms with van der Waals surface area (Å²) >= 11 is 0. The van der Waals surface area contributed by atoms with E-state index in [1.165, 1.54) is 0 Å². The van der Waals surface area contributed by atoms with Gasteiger partial charge in [0.1, 0.15) is 6.04 Å². The molecule has 0 amide bonds. The van der Waals surface area contributed by atoms with Crippen molar-refractivity contribution in [2.45, 2.75) is 52.2 Å². The Balaban J connectivity index is 2.77. The Labute approximate surface area is 98.2 Å². The standard InChI is InChI=1S/C12H24N2O2/c1-9(2)14-7-6-13(12(3,4)5)8-10(14)11(15)16/h9-10H,6-8H2,1-5H3,(H,15,16)/t10-/m1/s1. The van der Waals surface area contributed by atoms with Crippen molar-refractivity contribution in [2.75, 3.05) is 19.6 Å². The molecule has 1 heterocycles. The highest BCUT2D eigenvalue weighted by Gasteiger charge is 2.37. The van der Waals surface area contributed by atoms with Gasteiger partial charge in [0, 0.05) is 31.2 Å². The Morgan fingerprint density at radius 3 is 2.25 bits per heavy atom. The molecule has 0 bridgehead atoms. The first-order chi connectivity index (χ1) is 7.23. The van der Waals surface area contributed by atoms with Gasteiger partial charge < -0.3 is 5.11 Å². The van der Waals surface area contributed by atoms with E-state index in [1.807, 2.05) is 0 Å². The number of carboxylic acid groups (broad SMARTS) is 1. The first kappa shape index (κ1) is 13.5. The molecule has 0 radical (unpaired) electrons. The average Bonchev–Trinajstić information content (AvgIpc) is 2.15. The van der Waals surface area contributed by atoms with Crippen LogP contribution in [0.4, 0.5) is 0 Å². The van der Waals surface area contributed by atoms with Gasteiger partial charge in [0.25, 0.3) is 0 Å². The summed E-state index contributed by atoms with van der Waals surface area (Å²) in [6.07, 6.45) is 0. The predicted molar refractivity (Wildman–Crippen MR) is 64.6 cm³/mol. The molecule has 16 heavy (non-hydrogen) atoms. The van der Waals surface area contributed by atoms with E-state index in [4.69, 9.17) is 0 Å². The summed E-state index contributed by atoms with van der Waals surface area (Å²) in [5.41, 5.74) is 0.0524. The van der Waals surface area contributed by atoms with Crippen molar-refractivity contribution in [2.24, 2.45) is 0 Å². The van der Waals surface area contributed by atoms with Gasteiger partial charge in [0.05, 0.1) is 0 Å². The number of carbonyl (C=O) groups is 1. The molecule has 1 fully saturated rings.